The normalized spacial score (nSPS) is 18.2. The fourth-order valence-corrected chi connectivity index (χ4v) is 4.50. The highest BCUT2D eigenvalue weighted by Crippen LogP contribution is 2.42. The summed E-state index contributed by atoms with van der Waals surface area (Å²) in [5.74, 6) is 0.0353. The Balaban J connectivity index is 5.47. The lowest BCUT2D eigenvalue weighted by Gasteiger charge is -2.40. The fourth-order valence-electron chi connectivity index (χ4n) is 2.20. The van der Waals surface area contributed by atoms with Gasteiger partial charge in [0.15, 0.2) is 0 Å². The lowest BCUT2D eigenvalue weighted by Crippen LogP contribution is -2.41. The molecule has 0 saturated heterocycles. The van der Waals surface area contributed by atoms with Gasteiger partial charge in [-0.15, -0.1) is 6.58 Å². The van der Waals surface area contributed by atoms with E-state index in [0.717, 1.165) is 12.8 Å². The quantitative estimate of drug-likeness (QED) is 0.504. The second-order valence-corrected chi connectivity index (χ2v) is 13.2. The Morgan fingerprint density at radius 3 is 2.14 bits per heavy atom. The first kappa shape index (κ1) is 20.6. The molecule has 0 saturated carbocycles. The van der Waals surface area contributed by atoms with E-state index in [2.05, 4.69) is 47.4 Å². The van der Waals surface area contributed by atoms with Crippen molar-refractivity contribution in [3.05, 3.63) is 23.9 Å². The molecule has 2 nitrogen and oxygen atoms in total. The molecule has 0 aliphatic heterocycles. The van der Waals surface area contributed by atoms with Crippen molar-refractivity contribution in [2.24, 2.45) is 5.92 Å². The summed E-state index contributed by atoms with van der Waals surface area (Å²) in [6, 6.07) is 0. The van der Waals surface area contributed by atoms with E-state index in [1.165, 1.54) is 5.20 Å². The molecule has 21 heavy (non-hydrogen) atoms. The first-order valence-corrected chi connectivity index (χ1v) is 11.2. The standard InChI is InChI=1S/C18H36O2Si/c1-9-11-15(19)12-16(13-17(20)14(3)10-2)21(7,8)18(4,5)6/h10,13-15,17,19-20H,2,9,11-12H2,1,3-8H3/b16-13-/t14-,15+,17+/m0/s1. The number of aliphatic hydroxyl groups excluding tert-OH is 2. The van der Waals surface area contributed by atoms with Gasteiger partial charge in [-0.1, -0.05) is 71.5 Å². The molecule has 0 amide bonds. The van der Waals surface area contributed by atoms with Crippen molar-refractivity contribution >= 4 is 8.07 Å². The van der Waals surface area contributed by atoms with Crippen LogP contribution in [0, 0.1) is 5.92 Å². The molecule has 0 heterocycles. The summed E-state index contributed by atoms with van der Waals surface area (Å²) < 4.78 is 0. The summed E-state index contributed by atoms with van der Waals surface area (Å²) in [5.41, 5.74) is 0. The van der Waals surface area contributed by atoms with Crippen LogP contribution < -0.4 is 0 Å². The van der Waals surface area contributed by atoms with Gasteiger partial charge in [0.05, 0.1) is 20.3 Å². The van der Waals surface area contributed by atoms with E-state index in [0.29, 0.717) is 6.42 Å². The lowest BCUT2D eigenvalue weighted by atomic mass is 10.0. The Labute approximate surface area is 133 Å². The summed E-state index contributed by atoms with van der Waals surface area (Å²) in [4.78, 5) is 0. The molecule has 124 valence electrons. The molecular weight excluding hydrogens is 276 g/mol. The van der Waals surface area contributed by atoms with Crippen molar-refractivity contribution in [2.75, 3.05) is 0 Å². The van der Waals surface area contributed by atoms with E-state index in [-0.39, 0.29) is 17.1 Å². The van der Waals surface area contributed by atoms with Gasteiger partial charge in [0.2, 0.25) is 0 Å². The topological polar surface area (TPSA) is 40.5 Å². The maximum atomic E-state index is 10.4. The van der Waals surface area contributed by atoms with E-state index >= 15 is 0 Å². The Hall–Kier alpha value is -0.383. The van der Waals surface area contributed by atoms with Gasteiger partial charge in [-0.25, -0.2) is 0 Å². The van der Waals surface area contributed by atoms with Crippen molar-refractivity contribution < 1.29 is 10.2 Å². The first-order valence-electron chi connectivity index (χ1n) is 8.17. The van der Waals surface area contributed by atoms with Gasteiger partial charge in [-0.3, -0.25) is 0 Å². The smallest absolute Gasteiger partial charge is 0.0805 e. The van der Waals surface area contributed by atoms with Crippen LogP contribution in [0.5, 0.6) is 0 Å². The van der Waals surface area contributed by atoms with Crippen molar-refractivity contribution in [1.82, 2.24) is 0 Å². The van der Waals surface area contributed by atoms with E-state index in [1.54, 1.807) is 6.08 Å². The molecule has 0 aliphatic rings. The van der Waals surface area contributed by atoms with Gasteiger partial charge in [0, 0.05) is 5.92 Å². The molecule has 2 N–H and O–H groups in total. The molecule has 3 atom stereocenters. The van der Waals surface area contributed by atoms with E-state index < -0.39 is 14.2 Å². The van der Waals surface area contributed by atoms with Gasteiger partial charge in [0.1, 0.15) is 0 Å². The highest BCUT2D eigenvalue weighted by molar-refractivity contribution is 6.86. The second-order valence-electron chi connectivity index (χ2n) is 7.80. The Bertz CT molecular complexity index is 353. The van der Waals surface area contributed by atoms with Crippen LogP contribution in [0.3, 0.4) is 0 Å². The monoisotopic (exact) mass is 312 g/mol. The molecule has 0 aromatic carbocycles. The Morgan fingerprint density at radius 1 is 1.24 bits per heavy atom. The molecule has 0 bridgehead atoms. The Morgan fingerprint density at radius 2 is 1.76 bits per heavy atom. The van der Waals surface area contributed by atoms with Crippen LogP contribution in [-0.4, -0.2) is 30.5 Å². The predicted octanol–water partition coefficient (Wildman–Crippen LogP) is 4.69. The molecule has 3 heteroatoms. The second kappa shape index (κ2) is 8.30. The molecule has 0 spiro atoms. The third kappa shape index (κ3) is 6.09. The summed E-state index contributed by atoms with van der Waals surface area (Å²) in [5, 5.41) is 22.1. The van der Waals surface area contributed by atoms with Crippen molar-refractivity contribution in [3.63, 3.8) is 0 Å². The third-order valence-corrected chi connectivity index (χ3v) is 10.8. The molecule has 0 aromatic rings. The summed E-state index contributed by atoms with van der Waals surface area (Å²) >= 11 is 0. The minimum Gasteiger partial charge on any atom is -0.393 e. The summed E-state index contributed by atoms with van der Waals surface area (Å²) in [6.07, 6.45) is 5.46. The van der Waals surface area contributed by atoms with Crippen LogP contribution >= 0.6 is 0 Å². The van der Waals surface area contributed by atoms with Gasteiger partial charge in [-0.2, -0.15) is 0 Å². The SMILES string of the molecule is C=C[C@H](C)[C@H](O)/C=C(/C[C@H](O)CCC)[Si](C)(C)C(C)(C)C. The van der Waals surface area contributed by atoms with Gasteiger partial charge in [0.25, 0.3) is 0 Å². The van der Waals surface area contributed by atoms with Crippen LogP contribution in [0.1, 0.15) is 53.9 Å². The number of hydrogen-bond donors (Lipinski definition) is 2. The third-order valence-electron chi connectivity index (χ3n) is 5.04. The average Bonchev–Trinajstić information content (AvgIpc) is 2.35. The lowest BCUT2D eigenvalue weighted by molar-refractivity contribution is 0.162. The van der Waals surface area contributed by atoms with E-state index in [1.807, 2.05) is 13.0 Å². The van der Waals surface area contributed by atoms with Crippen LogP contribution in [0.4, 0.5) is 0 Å². The highest BCUT2D eigenvalue weighted by Gasteiger charge is 2.39. The van der Waals surface area contributed by atoms with E-state index in [9.17, 15) is 10.2 Å². The van der Waals surface area contributed by atoms with Gasteiger partial charge >= 0.3 is 0 Å². The summed E-state index contributed by atoms with van der Waals surface area (Å²) in [6.45, 7) is 19.3. The van der Waals surface area contributed by atoms with Gasteiger partial charge in [-0.05, 0) is 17.9 Å². The zero-order valence-electron chi connectivity index (χ0n) is 15.1. The minimum atomic E-state index is -1.74. The largest absolute Gasteiger partial charge is 0.393 e. The minimum absolute atomic E-state index is 0.0353. The molecular formula is C18H36O2Si. The molecule has 0 radical (unpaired) electrons. The predicted molar refractivity (Wildman–Crippen MR) is 96.2 cm³/mol. The maximum Gasteiger partial charge on any atom is 0.0805 e. The average molecular weight is 313 g/mol. The van der Waals surface area contributed by atoms with Crippen LogP contribution in [0.2, 0.25) is 18.1 Å². The zero-order valence-corrected chi connectivity index (χ0v) is 16.1. The zero-order chi connectivity index (χ0) is 16.8. The number of aliphatic hydroxyl groups is 2. The van der Waals surface area contributed by atoms with Crippen LogP contribution in [-0.2, 0) is 0 Å². The molecule has 0 aromatic heterocycles. The van der Waals surface area contributed by atoms with Crippen molar-refractivity contribution in [1.29, 1.82) is 0 Å². The number of hydrogen-bond acceptors (Lipinski definition) is 2. The van der Waals surface area contributed by atoms with Crippen molar-refractivity contribution in [3.8, 4) is 0 Å². The Kier molecular flexibility index (Phi) is 8.15. The van der Waals surface area contributed by atoms with Crippen LogP contribution in [0.25, 0.3) is 0 Å². The highest BCUT2D eigenvalue weighted by atomic mass is 28.3. The van der Waals surface area contributed by atoms with E-state index in [4.69, 9.17) is 0 Å². The molecule has 0 fully saturated rings. The molecule has 0 aliphatic carbocycles. The summed E-state index contributed by atoms with van der Waals surface area (Å²) in [7, 11) is -1.74. The first-order chi connectivity index (χ1) is 9.47. The fraction of sp³-hybridized carbons (Fsp3) is 0.778. The molecule has 0 unspecified atom stereocenters. The van der Waals surface area contributed by atoms with Crippen molar-refractivity contribution in [2.45, 2.75) is 84.2 Å². The van der Waals surface area contributed by atoms with Crippen LogP contribution in [0.15, 0.2) is 23.9 Å². The van der Waals surface area contributed by atoms with Gasteiger partial charge < -0.3 is 10.2 Å². The number of rotatable bonds is 8. The molecule has 0 rings (SSSR count). The maximum absolute atomic E-state index is 10.4.